The summed E-state index contributed by atoms with van der Waals surface area (Å²) >= 11 is 1.76. The number of hydrogen-bond acceptors (Lipinski definition) is 4. The number of para-hydroxylation sites is 1. The summed E-state index contributed by atoms with van der Waals surface area (Å²) in [4.78, 5) is 10.6. The lowest BCUT2D eigenvalue weighted by molar-refractivity contribution is 0.489. The van der Waals surface area contributed by atoms with Gasteiger partial charge in [-0.2, -0.15) is 0 Å². The van der Waals surface area contributed by atoms with Crippen LogP contribution in [0, 0.1) is 0 Å². The summed E-state index contributed by atoms with van der Waals surface area (Å²) in [7, 11) is 0. The van der Waals surface area contributed by atoms with Crippen LogP contribution in [0.25, 0.3) is 120 Å². The molecule has 2 aromatic heterocycles. The molecule has 4 heteroatoms. The third kappa shape index (κ3) is 6.42. The summed E-state index contributed by atoms with van der Waals surface area (Å²) in [6.07, 6.45) is 0. The molecule has 0 spiro atoms. The molecule has 10 aromatic carbocycles. The largest absolute Gasteiger partial charge is 0.455 e. The maximum absolute atomic E-state index is 7.00. The zero-order valence-electron chi connectivity index (χ0n) is 35.7. The van der Waals surface area contributed by atoms with Crippen LogP contribution in [0.1, 0.15) is 0 Å². The minimum Gasteiger partial charge on any atom is -0.455 e. The Hall–Kier alpha value is -8.44. The lowest BCUT2D eigenvalue weighted by atomic mass is 9.83. The lowest BCUT2D eigenvalue weighted by Gasteiger charge is -2.25. The van der Waals surface area contributed by atoms with Crippen molar-refractivity contribution < 1.29 is 4.74 Å². The van der Waals surface area contributed by atoms with E-state index >= 15 is 0 Å². The van der Waals surface area contributed by atoms with Gasteiger partial charge in [0.05, 0.1) is 15.9 Å². The maximum atomic E-state index is 7.00. The molecular formula is C62H38N2OS. The van der Waals surface area contributed by atoms with Crippen molar-refractivity contribution in [1.82, 2.24) is 9.97 Å². The van der Waals surface area contributed by atoms with E-state index in [4.69, 9.17) is 14.7 Å². The molecule has 0 atom stereocenters. The fourth-order valence-corrected chi connectivity index (χ4v) is 11.0. The van der Waals surface area contributed by atoms with Crippen LogP contribution in [0.2, 0.25) is 0 Å². The second-order valence-electron chi connectivity index (χ2n) is 16.8. The molecule has 0 aliphatic carbocycles. The van der Waals surface area contributed by atoms with Crippen LogP contribution in [-0.4, -0.2) is 9.97 Å². The van der Waals surface area contributed by atoms with Crippen LogP contribution < -0.4 is 4.74 Å². The fourth-order valence-electron chi connectivity index (χ4n) is 9.81. The average molecular weight is 859 g/mol. The van der Waals surface area contributed by atoms with Crippen molar-refractivity contribution >= 4 is 42.4 Å². The van der Waals surface area contributed by atoms with E-state index in [-0.39, 0.29) is 0 Å². The van der Waals surface area contributed by atoms with E-state index in [0.29, 0.717) is 5.82 Å². The number of aromatic nitrogens is 2. The van der Waals surface area contributed by atoms with E-state index in [2.05, 4.69) is 231 Å². The first-order valence-electron chi connectivity index (χ1n) is 22.3. The number of hydrogen-bond donors (Lipinski definition) is 0. The van der Waals surface area contributed by atoms with Crippen LogP contribution >= 0.6 is 11.3 Å². The monoisotopic (exact) mass is 858 g/mol. The zero-order valence-corrected chi connectivity index (χ0v) is 36.5. The molecule has 1 aliphatic heterocycles. The van der Waals surface area contributed by atoms with Crippen molar-refractivity contribution in [2.75, 3.05) is 0 Å². The van der Waals surface area contributed by atoms with E-state index < -0.39 is 0 Å². The summed E-state index contributed by atoms with van der Waals surface area (Å²) in [5.41, 5.74) is 17.4. The van der Waals surface area contributed by atoms with E-state index in [1.807, 2.05) is 0 Å². The third-order valence-corrected chi connectivity index (χ3v) is 14.0. The SMILES string of the molecule is c1ccc(-c2cc(-c3cccc(-c4cccc(-c5nc(-c6ccccc6)c6sc7ccccc7c6n5)c4)c3)c(-c3ccccc3)c(-c3cccc4c3Oc3cccc5cccc-4c35)c2)cc1. The van der Waals surface area contributed by atoms with Crippen LogP contribution in [0.4, 0.5) is 0 Å². The third-order valence-electron chi connectivity index (χ3n) is 12.9. The Bertz CT molecular complexity index is 3840. The van der Waals surface area contributed by atoms with Crippen molar-refractivity contribution in [2.45, 2.75) is 0 Å². The van der Waals surface area contributed by atoms with Crippen LogP contribution in [0.3, 0.4) is 0 Å². The Kier molecular flexibility index (Phi) is 9.03. The molecule has 0 fully saturated rings. The molecular weight excluding hydrogens is 821 g/mol. The molecule has 0 saturated heterocycles. The molecule has 0 N–H and O–H groups in total. The van der Waals surface area contributed by atoms with Gasteiger partial charge in [0.2, 0.25) is 0 Å². The van der Waals surface area contributed by atoms with Crippen molar-refractivity contribution in [2.24, 2.45) is 0 Å². The van der Waals surface area contributed by atoms with Gasteiger partial charge in [0, 0.05) is 37.7 Å². The zero-order chi connectivity index (χ0) is 43.6. The van der Waals surface area contributed by atoms with Crippen molar-refractivity contribution in [1.29, 1.82) is 0 Å². The standard InChI is InChI=1S/C62H38N2OS/c1-4-17-39(18-5-1)47-37-52(56(40-19-6-2-7-20-40)53(38-47)50-32-16-31-49-48-30-14-23-41-24-15-33-54(57(41)48)65-60(49)50)45-27-12-25-43(35-45)44-26-13-28-46(36-44)62-63-58(42-21-8-3-9-22-42)61-59(64-62)51-29-10-11-34-55(51)66-61/h1-38H. The minimum atomic E-state index is 0.710. The van der Waals surface area contributed by atoms with Gasteiger partial charge in [0.1, 0.15) is 11.5 Å². The topological polar surface area (TPSA) is 35.0 Å². The molecule has 1 aliphatic rings. The second-order valence-corrected chi connectivity index (χ2v) is 17.9. The molecule has 3 heterocycles. The number of fused-ring (bicyclic) bond motifs is 5. The molecule has 0 bridgehead atoms. The van der Waals surface area contributed by atoms with Crippen molar-refractivity contribution in [3.8, 4) is 101 Å². The Labute approximate surface area is 386 Å². The predicted octanol–water partition coefficient (Wildman–Crippen LogP) is 17.4. The Morgan fingerprint density at radius 1 is 0.364 bits per heavy atom. The molecule has 66 heavy (non-hydrogen) atoms. The summed E-state index contributed by atoms with van der Waals surface area (Å²) in [6, 6.07) is 82.3. The second kappa shape index (κ2) is 15.7. The number of ether oxygens (including phenoxy) is 1. The first kappa shape index (κ1) is 38.1. The Morgan fingerprint density at radius 3 is 1.70 bits per heavy atom. The summed E-state index contributed by atoms with van der Waals surface area (Å²) in [6.45, 7) is 0. The lowest BCUT2D eigenvalue weighted by Crippen LogP contribution is -2.00. The average Bonchev–Trinajstić information content (AvgIpc) is 3.78. The van der Waals surface area contributed by atoms with Crippen molar-refractivity contribution in [3.05, 3.63) is 231 Å². The summed E-state index contributed by atoms with van der Waals surface area (Å²) < 4.78 is 9.31. The normalized spacial score (nSPS) is 11.8. The highest BCUT2D eigenvalue weighted by atomic mass is 32.1. The van der Waals surface area contributed by atoms with Gasteiger partial charge in [-0.05, 0) is 97.4 Å². The van der Waals surface area contributed by atoms with Gasteiger partial charge in [0.25, 0.3) is 0 Å². The molecule has 0 saturated carbocycles. The number of thiophene rings is 1. The van der Waals surface area contributed by atoms with Gasteiger partial charge >= 0.3 is 0 Å². The molecule has 13 rings (SSSR count). The van der Waals surface area contributed by atoms with E-state index in [9.17, 15) is 0 Å². The fraction of sp³-hybridized carbons (Fsp3) is 0. The van der Waals surface area contributed by atoms with Gasteiger partial charge < -0.3 is 4.74 Å². The van der Waals surface area contributed by atoms with Gasteiger partial charge in [-0.25, -0.2) is 9.97 Å². The van der Waals surface area contributed by atoms with Crippen LogP contribution in [-0.2, 0) is 0 Å². The summed E-state index contributed by atoms with van der Waals surface area (Å²) in [5.74, 6) is 2.46. The predicted molar refractivity (Wildman–Crippen MR) is 276 cm³/mol. The van der Waals surface area contributed by atoms with E-state index in [0.717, 1.165) is 111 Å². The molecule has 0 amide bonds. The quantitative estimate of drug-likeness (QED) is 0.160. The Morgan fingerprint density at radius 2 is 0.924 bits per heavy atom. The van der Waals surface area contributed by atoms with Crippen LogP contribution in [0.15, 0.2) is 231 Å². The highest BCUT2D eigenvalue weighted by Gasteiger charge is 2.26. The molecule has 3 nitrogen and oxygen atoms in total. The smallest absolute Gasteiger partial charge is 0.160 e. The number of nitrogens with zero attached hydrogens (tertiary/aromatic N) is 2. The number of benzene rings is 10. The highest BCUT2D eigenvalue weighted by Crippen LogP contribution is 2.53. The highest BCUT2D eigenvalue weighted by molar-refractivity contribution is 7.26. The van der Waals surface area contributed by atoms with E-state index in [1.54, 1.807) is 11.3 Å². The molecule has 12 aromatic rings. The van der Waals surface area contributed by atoms with Gasteiger partial charge in [-0.3, -0.25) is 0 Å². The first-order chi connectivity index (χ1) is 32.7. The Balaban J connectivity index is 0.999. The van der Waals surface area contributed by atoms with Crippen molar-refractivity contribution in [3.63, 3.8) is 0 Å². The first-order valence-corrected chi connectivity index (χ1v) is 23.1. The maximum Gasteiger partial charge on any atom is 0.160 e. The molecule has 0 unspecified atom stereocenters. The minimum absolute atomic E-state index is 0.710. The number of rotatable bonds is 7. The van der Waals surface area contributed by atoms with Gasteiger partial charge in [0.15, 0.2) is 5.82 Å². The van der Waals surface area contributed by atoms with E-state index in [1.165, 1.54) is 15.6 Å². The van der Waals surface area contributed by atoms with Gasteiger partial charge in [-0.15, -0.1) is 11.3 Å². The summed E-state index contributed by atoms with van der Waals surface area (Å²) in [5, 5.41) is 3.47. The molecule has 0 radical (unpaired) electrons. The molecule has 308 valence electrons. The van der Waals surface area contributed by atoms with Gasteiger partial charge in [-0.1, -0.05) is 194 Å². The van der Waals surface area contributed by atoms with Crippen LogP contribution in [0.5, 0.6) is 11.5 Å².